The standard InChI is InChI=1S/C20H24N2O3S/c1-13-12-16(14(2)15(3)18(13)25-4)19(23)21-7-9-22(10-8-21)20(24)17-6-5-11-26-17/h5-6,11-12H,7-10H2,1-4H3. The van der Waals surface area contributed by atoms with E-state index < -0.39 is 0 Å². The summed E-state index contributed by atoms with van der Waals surface area (Å²) >= 11 is 1.45. The highest BCUT2D eigenvalue weighted by Gasteiger charge is 2.27. The lowest BCUT2D eigenvalue weighted by molar-refractivity contribution is 0.0537. The van der Waals surface area contributed by atoms with E-state index in [0.717, 1.165) is 32.9 Å². The second-order valence-electron chi connectivity index (χ2n) is 6.59. The molecule has 6 heteroatoms. The quantitative estimate of drug-likeness (QED) is 0.831. The molecule has 3 rings (SSSR count). The molecule has 138 valence electrons. The van der Waals surface area contributed by atoms with Crippen LogP contribution in [0.25, 0.3) is 0 Å². The summed E-state index contributed by atoms with van der Waals surface area (Å²) in [6.45, 7) is 8.14. The Balaban J connectivity index is 1.72. The first kappa shape index (κ1) is 18.5. The van der Waals surface area contributed by atoms with Crippen molar-refractivity contribution in [1.82, 2.24) is 9.80 Å². The number of piperazine rings is 1. The minimum atomic E-state index is 0.0274. The Bertz CT molecular complexity index is 822. The largest absolute Gasteiger partial charge is 0.496 e. The summed E-state index contributed by atoms with van der Waals surface area (Å²) in [5, 5.41) is 1.91. The maximum Gasteiger partial charge on any atom is 0.264 e. The van der Waals surface area contributed by atoms with E-state index in [2.05, 4.69) is 0 Å². The summed E-state index contributed by atoms with van der Waals surface area (Å²) in [6.07, 6.45) is 0. The average Bonchev–Trinajstić information content (AvgIpc) is 3.19. The van der Waals surface area contributed by atoms with E-state index in [-0.39, 0.29) is 11.8 Å². The van der Waals surface area contributed by atoms with Crippen molar-refractivity contribution < 1.29 is 14.3 Å². The van der Waals surface area contributed by atoms with E-state index in [0.29, 0.717) is 26.2 Å². The van der Waals surface area contributed by atoms with Gasteiger partial charge in [0, 0.05) is 31.7 Å². The van der Waals surface area contributed by atoms with E-state index in [1.807, 2.05) is 54.2 Å². The van der Waals surface area contributed by atoms with Crippen molar-refractivity contribution in [3.8, 4) is 5.75 Å². The van der Waals surface area contributed by atoms with Gasteiger partial charge >= 0.3 is 0 Å². The molecule has 2 heterocycles. The van der Waals surface area contributed by atoms with Crippen LogP contribution in [0.5, 0.6) is 5.75 Å². The van der Waals surface area contributed by atoms with Gasteiger partial charge in [0.2, 0.25) is 0 Å². The van der Waals surface area contributed by atoms with E-state index in [1.165, 1.54) is 11.3 Å². The molecule has 1 aromatic carbocycles. The van der Waals surface area contributed by atoms with Gasteiger partial charge in [0.05, 0.1) is 12.0 Å². The highest BCUT2D eigenvalue weighted by atomic mass is 32.1. The summed E-state index contributed by atoms with van der Waals surface area (Å²) < 4.78 is 5.44. The van der Waals surface area contributed by atoms with Gasteiger partial charge in [-0.05, 0) is 55.0 Å². The van der Waals surface area contributed by atoms with Gasteiger partial charge in [0.1, 0.15) is 5.75 Å². The van der Waals surface area contributed by atoms with Crippen LogP contribution >= 0.6 is 11.3 Å². The lowest BCUT2D eigenvalue weighted by Crippen LogP contribution is -2.50. The molecule has 0 saturated carbocycles. The molecule has 1 fully saturated rings. The number of rotatable bonds is 3. The summed E-state index contributed by atoms with van der Waals surface area (Å²) in [7, 11) is 1.65. The fourth-order valence-corrected chi connectivity index (χ4v) is 4.12. The second-order valence-corrected chi connectivity index (χ2v) is 7.53. The van der Waals surface area contributed by atoms with Gasteiger partial charge in [-0.2, -0.15) is 0 Å². The molecule has 2 aromatic rings. The van der Waals surface area contributed by atoms with Crippen molar-refractivity contribution in [1.29, 1.82) is 0 Å². The Labute approximate surface area is 158 Å². The van der Waals surface area contributed by atoms with Crippen LogP contribution in [-0.2, 0) is 0 Å². The van der Waals surface area contributed by atoms with Gasteiger partial charge in [-0.1, -0.05) is 6.07 Å². The summed E-state index contributed by atoms with van der Waals surface area (Å²) in [4.78, 5) is 29.9. The number of ether oxygens (including phenoxy) is 1. The van der Waals surface area contributed by atoms with Crippen LogP contribution in [0.1, 0.15) is 36.7 Å². The van der Waals surface area contributed by atoms with Crippen LogP contribution < -0.4 is 4.74 Å². The van der Waals surface area contributed by atoms with E-state index >= 15 is 0 Å². The monoisotopic (exact) mass is 372 g/mol. The number of thiophene rings is 1. The molecule has 0 spiro atoms. The topological polar surface area (TPSA) is 49.9 Å². The second kappa shape index (κ2) is 7.50. The molecule has 2 amide bonds. The number of carbonyl (C=O) groups is 2. The Hall–Kier alpha value is -2.34. The molecule has 0 radical (unpaired) electrons. The molecular formula is C20H24N2O3S. The Kier molecular flexibility index (Phi) is 5.32. The molecule has 5 nitrogen and oxygen atoms in total. The fourth-order valence-electron chi connectivity index (χ4n) is 3.43. The summed E-state index contributed by atoms with van der Waals surface area (Å²) in [5.41, 5.74) is 3.64. The molecule has 26 heavy (non-hydrogen) atoms. The molecule has 1 aromatic heterocycles. The van der Waals surface area contributed by atoms with Gasteiger partial charge in [0.25, 0.3) is 11.8 Å². The molecule has 0 atom stereocenters. The number of benzene rings is 1. The number of aryl methyl sites for hydroxylation is 1. The van der Waals surface area contributed by atoms with Crippen LogP contribution in [0.15, 0.2) is 23.6 Å². The van der Waals surface area contributed by atoms with E-state index in [1.54, 1.807) is 7.11 Å². The lowest BCUT2D eigenvalue weighted by atomic mass is 9.97. The average molecular weight is 372 g/mol. The van der Waals surface area contributed by atoms with Crippen LogP contribution in [0, 0.1) is 20.8 Å². The molecular weight excluding hydrogens is 348 g/mol. The van der Waals surface area contributed by atoms with Crippen LogP contribution in [-0.4, -0.2) is 54.9 Å². The van der Waals surface area contributed by atoms with Crippen molar-refractivity contribution in [3.05, 3.63) is 50.7 Å². The van der Waals surface area contributed by atoms with Crippen molar-refractivity contribution in [2.24, 2.45) is 0 Å². The van der Waals surface area contributed by atoms with Crippen LogP contribution in [0.4, 0.5) is 0 Å². The van der Waals surface area contributed by atoms with Gasteiger partial charge in [-0.25, -0.2) is 0 Å². The number of hydrogen-bond acceptors (Lipinski definition) is 4. The predicted molar refractivity (Wildman–Crippen MR) is 103 cm³/mol. The molecule has 0 unspecified atom stereocenters. The summed E-state index contributed by atoms with van der Waals surface area (Å²) in [5.74, 6) is 0.921. The van der Waals surface area contributed by atoms with Crippen LogP contribution in [0.2, 0.25) is 0 Å². The normalized spacial score (nSPS) is 14.5. The minimum Gasteiger partial charge on any atom is -0.496 e. The third kappa shape index (κ3) is 3.33. The van der Waals surface area contributed by atoms with Crippen molar-refractivity contribution >= 4 is 23.2 Å². The van der Waals surface area contributed by atoms with Crippen LogP contribution in [0.3, 0.4) is 0 Å². The van der Waals surface area contributed by atoms with Gasteiger partial charge in [-0.15, -0.1) is 11.3 Å². The maximum atomic E-state index is 13.0. The van der Waals surface area contributed by atoms with Crippen molar-refractivity contribution in [2.45, 2.75) is 20.8 Å². The number of methoxy groups -OCH3 is 1. The Morgan fingerprint density at radius 3 is 2.15 bits per heavy atom. The van der Waals surface area contributed by atoms with Gasteiger partial charge in [-0.3, -0.25) is 9.59 Å². The third-order valence-electron chi connectivity index (χ3n) is 5.05. The van der Waals surface area contributed by atoms with Crippen molar-refractivity contribution in [3.63, 3.8) is 0 Å². The number of nitrogens with zero attached hydrogens (tertiary/aromatic N) is 2. The molecule has 0 aliphatic carbocycles. The first-order valence-electron chi connectivity index (χ1n) is 8.71. The molecule has 0 N–H and O–H groups in total. The number of amides is 2. The Morgan fingerprint density at radius 2 is 1.62 bits per heavy atom. The highest BCUT2D eigenvalue weighted by Crippen LogP contribution is 2.29. The molecule has 1 aliphatic rings. The van der Waals surface area contributed by atoms with E-state index in [4.69, 9.17) is 4.74 Å². The Morgan fingerprint density at radius 1 is 1.00 bits per heavy atom. The summed E-state index contributed by atoms with van der Waals surface area (Å²) in [6, 6.07) is 5.64. The fraction of sp³-hybridized carbons (Fsp3) is 0.400. The zero-order chi connectivity index (χ0) is 18.8. The predicted octanol–water partition coefficient (Wildman–Crippen LogP) is 3.28. The molecule has 0 bridgehead atoms. The molecule has 1 aliphatic heterocycles. The smallest absolute Gasteiger partial charge is 0.264 e. The highest BCUT2D eigenvalue weighted by molar-refractivity contribution is 7.12. The first-order chi connectivity index (χ1) is 12.4. The SMILES string of the molecule is COc1c(C)cc(C(=O)N2CCN(C(=O)c3cccs3)CC2)c(C)c1C. The zero-order valence-corrected chi connectivity index (χ0v) is 16.5. The number of carbonyl (C=O) groups excluding carboxylic acids is 2. The van der Waals surface area contributed by atoms with Gasteiger partial charge < -0.3 is 14.5 Å². The number of hydrogen-bond donors (Lipinski definition) is 0. The van der Waals surface area contributed by atoms with E-state index in [9.17, 15) is 9.59 Å². The minimum absolute atomic E-state index is 0.0274. The first-order valence-corrected chi connectivity index (χ1v) is 9.58. The molecule has 1 saturated heterocycles. The third-order valence-corrected chi connectivity index (χ3v) is 5.90. The maximum absolute atomic E-state index is 13.0. The van der Waals surface area contributed by atoms with Crippen molar-refractivity contribution in [2.75, 3.05) is 33.3 Å². The van der Waals surface area contributed by atoms with Gasteiger partial charge in [0.15, 0.2) is 0 Å². The lowest BCUT2D eigenvalue weighted by Gasteiger charge is -2.35. The zero-order valence-electron chi connectivity index (χ0n) is 15.7.